The lowest BCUT2D eigenvalue weighted by molar-refractivity contribution is 0.00207. The summed E-state index contributed by atoms with van der Waals surface area (Å²) in [5.74, 6) is 1.47. The highest BCUT2D eigenvalue weighted by molar-refractivity contribution is 5.94. The molecule has 1 aliphatic carbocycles. The molecular formula is C22H32O3. The quantitative estimate of drug-likeness (QED) is 0.298. The fraction of sp³-hybridized carbons (Fsp3) is 0.591. The average molecular weight is 344 g/mol. The van der Waals surface area contributed by atoms with E-state index in [0.29, 0.717) is 12.0 Å². The Bertz CT molecular complexity index is 521. The molecule has 0 spiro atoms. The number of hydrogen-bond acceptors (Lipinski definition) is 3. The predicted molar refractivity (Wildman–Crippen MR) is 102 cm³/mol. The maximum atomic E-state index is 11.2. The number of carbonyl (C=O) groups excluding carboxylic acids is 1. The molecular weight excluding hydrogens is 312 g/mol. The number of rotatable bonds is 11. The number of hydrogen-bond donors (Lipinski definition) is 0. The van der Waals surface area contributed by atoms with E-state index in [9.17, 15) is 4.79 Å². The Kier molecular flexibility index (Phi) is 8.75. The van der Waals surface area contributed by atoms with Crippen molar-refractivity contribution in [1.29, 1.82) is 0 Å². The molecule has 3 heteroatoms. The second kappa shape index (κ2) is 11.1. The predicted octanol–water partition coefficient (Wildman–Crippen LogP) is 5.59. The molecule has 3 nitrogen and oxygen atoms in total. The van der Waals surface area contributed by atoms with Crippen molar-refractivity contribution in [2.75, 3.05) is 13.2 Å². The summed E-state index contributed by atoms with van der Waals surface area (Å²) >= 11 is 0. The minimum atomic E-state index is 0.0846. The third kappa shape index (κ3) is 7.03. The molecule has 1 fully saturated rings. The normalized spacial score (nSPS) is 20.2. The van der Waals surface area contributed by atoms with Crippen molar-refractivity contribution in [3.05, 3.63) is 42.5 Å². The molecule has 25 heavy (non-hydrogen) atoms. The number of benzene rings is 1. The summed E-state index contributed by atoms with van der Waals surface area (Å²) in [4.78, 5) is 11.2. The van der Waals surface area contributed by atoms with Gasteiger partial charge in [-0.2, -0.15) is 0 Å². The first kappa shape index (κ1) is 19.7. The molecule has 0 N–H and O–H groups in total. The van der Waals surface area contributed by atoms with Crippen LogP contribution >= 0.6 is 0 Å². The van der Waals surface area contributed by atoms with Crippen LogP contribution < -0.4 is 4.74 Å². The Hall–Kier alpha value is -1.61. The standard InChI is InChI=1S/C22H32O3/c1-3-19-10-6-7-11-22(19)25-17-9-5-4-8-16-24-21-14-12-20(13-15-21)18(2)23/h3,12-15,19,22H,1,4-11,16-17H2,2H3. The van der Waals surface area contributed by atoms with Crippen molar-refractivity contribution < 1.29 is 14.3 Å². The minimum Gasteiger partial charge on any atom is -0.494 e. The molecule has 2 atom stereocenters. The molecule has 2 unspecified atom stereocenters. The van der Waals surface area contributed by atoms with E-state index in [2.05, 4.69) is 12.7 Å². The van der Waals surface area contributed by atoms with Gasteiger partial charge in [0.1, 0.15) is 5.75 Å². The number of unbranched alkanes of at least 4 members (excludes halogenated alkanes) is 3. The van der Waals surface area contributed by atoms with E-state index >= 15 is 0 Å². The van der Waals surface area contributed by atoms with Crippen molar-refractivity contribution in [1.82, 2.24) is 0 Å². The van der Waals surface area contributed by atoms with Gasteiger partial charge in [-0.15, -0.1) is 6.58 Å². The van der Waals surface area contributed by atoms with Crippen molar-refractivity contribution >= 4 is 5.78 Å². The molecule has 1 aromatic carbocycles. The van der Waals surface area contributed by atoms with E-state index in [0.717, 1.165) is 43.8 Å². The minimum absolute atomic E-state index is 0.0846. The third-order valence-electron chi connectivity index (χ3n) is 4.96. The second-order valence-electron chi connectivity index (χ2n) is 6.94. The van der Waals surface area contributed by atoms with E-state index < -0.39 is 0 Å². The lowest BCUT2D eigenvalue weighted by Gasteiger charge is -2.29. The van der Waals surface area contributed by atoms with Crippen molar-refractivity contribution in [2.45, 2.75) is 64.4 Å². The Labute approximate surface area is 152 Å². The summed E-state index contributed by atoms with van der Waals surface area (Å²) in [5, 5.41) is 0. The molecule has 0 amide bonds. The van der Waals surface area contributed by atoms with Crippen molar-refractivity contribution in [3.8, 4) is 5.75 Å². The summed E-state index contributed by atoms with van der Waals surface area (Å²) in [6.07, 6.45) is 12.0. The highest BCUT2D eigenvalue weighted by Gasteiger charge is 2.22. The summed E-state index contributed by atoms with van der Waals surface area (Å²) in [5.41, 5.74) is 0.726. The van der Waals surface area contributed by atoms with E-state index in [1.807, 2.05) is 24.3 Å². The van der Waals surface area contributed by atoms with E-state index in [4.69, 9.17) is 9.47 Å². The number of ketones is 1. The zero-order chi connectivity index (χ0) is 17.9. The number of Topliss-reactive ketones (excluding diaryl/α,β-unsaturated/α-hetero) is 1. The van der Waals surface area contributed by atoms with Gasteiger partial charge in [-0.1, -0.05) is 25.3 Å². The first-order valence-corrected chi connectivity index (χ1v) is 9.68. The van der Waals surface area contributed by atoms with Crippen LogP contribution in [0.5, 0.6) is 5.75 Å². The molecule has 0 bridgehead atoms. The van der Waals surface area contributed by atoms with Crippen molar-refractivity contribution in [2.24, 2.45) is 5.92 Å². The van der Waals surface area contributed by atoms with Crippen LogP contribution in [0.3, 0.4) is 0 Å². The van der Waals surface area contributed by atoms with Gasteiger partial charge in [0.15, 0.2) is 5.78 Å². The molecule has 0 saturated heterocycles. The molecule has 0 heterocycles. The fourth-order valence-electron chi connectivity index (χ4n) is 3.37. The zero-order valence-corrected chi connectivity index (χ0v) is 15.5. The van der Waals surface area contributed by atoms with Gasteiger partial charge in [0.05, 0.1) is 12.7 Å². The van der Waals surface area contributed by atoms with Gasteiger partial charge in [-0.3, -0.25) is 4.79 Å². The average Bonchev–Trinajstić information content (AvgIpc) is 2.64. The SMILES string of the molecule is C=CC1CCCCC1OCCCCCCOc1ccc(C(C)=O)cc1. The maximum Gasteiger partial charge on any atom is 0.159 e. The van der Waals surface area contributed by atoms with Gasteiger partial charge in [0, 0.05) is 18.1 Å². The van der Waals surface area contributed by atoms with Gasteiger partial charge in [0.2, 0.25) is 0 Å². The Balaban J connectivity index is 1.49. The van der Waals surface area contributed by atoms with Crippen LogP contribution in [0, 0.1) is 5.92 Å². The van der Waals surface area contributed by atoms with Gasteiger partial charge < -0.3 is 9.47 Å². The summed E-state index contributed by atoms with van der Waals surface area (Å²) in [6, 6.07) is 7.36. The molecule has 2 rings (SSSR count). The van der Waals surface area contributed by atoms with Gasteiger partial charge >= 0.3 is 0 Å². The van der Waals surface area contributed by atoms with Crippen LogP contribution in [0.2, 0.25) is 0 Å². The topological polar surface area (TPSA) is 35.5 Å². The fourth-order valence-corrected chi connectivity index (χ4v) is 3.37. The zero-order valence-electron chi connectivity index (χ0n) is 15.5. The van der Waals surface area contributed by atoms with Crippen LogP contribution in [-0.4, -0.2) is 25.1 Å². The van der Waals surface area contributed by atoms with Gasteiger partial charge in [0.25, 0.3) is 0 Å². The Morgan fingerprint density at radius 1 is 1.08 bits per heavy atom. The largest absolute Gasteiger partial charge is 0.494 e. The summed E-state index contributed by atoms with van der Waals surface area (Å²) < 4.78 is 11.8. The molecule has 0 radical (unpaired) electrons. The Morgan fingerprint density at radius 3 is 2.44 bits per heavy atom. The first-order valence-electron chi connectivity index (χ1n) is 9.68. The smallest absolute Gasteiger partial charge is 0.159 e. The van der Waals surface area contributed by atoms with E-state index in [1.165, 1.54) is 32.1 Å². The second-order valence-corrected chi connectivity index (χ2v) is 6.94. The summed E-state index contributed by atoms with van der Waals surface area (Å²) in [7, 11) is 0. The molecule has 138 valence electrons. The third-order valence-corrected chi connectivity index (χ3v) is 4.96. The van der Waals surface area contributed by atoms with Crippen molar-refractivity contribution in [3.63, 3.8) is 0 Å². The first-order chi connectivity index (χ1) is 12.2. The van der Waals surface area contributed by atoms with Crippen LogP contribution in [0.4, 0.5) is 0 Å². The monoisotopic (exact) mass is 344 g/mol. The van der Waals surface area contributed by atoms with Gasteiger partial charge in [-0.25, -0.2) is 0 Å². The van der Waals surface area contributed by atoms with Crippen LogP contribution in [0.25, 0.3) is 0 Å². The maximum absolute atomic E-state index is 11.2. The lowest BCUT2D eigenvalue weighted by Crippen LogP contribution is -2.26. The van der Waals surface area contributed by atoms with Crippen LogP contribution in [-0.2, 0) is 4.74 Å². The molecule has 0 aromatic heterocycles. The van der Waals surface area contributed by atoms with E-state index in [1.54, 1.807) is 6.92 Å². The molecule has 0 aliphatic heterocycles. The lowest BCUT2D eigenvalue weighted by atomic mass is 9.86. The highest BCUT2D eigenvalue weighted by Crippen LogP contribution is 2.27. The van der Waals surface area contributed by atoms with Gasteiger partial charge in [-0.05, 0) is 63.3 Å². The van der Waals surface area contributed by atoms with Crippen LogP contribution in [0.15, 0.2) is 36.9 Å². The highest BCUT2D eigenvalue weighted by atomic mass is 16.5. The summed E-state index contributed by atoms with van der Waals surface area (Å²) in [6.45, 7) is 7.10. The number of carbonyl (C=O) groups is 1. The molecule has 1 aromatic rings. The number of ether oxygens (including phenoxy) is 2. The van der Waals surface area contributed by atoms with Crippen LogP contribution in [0.1, 0.15) is 68.6 Å². The molecule has 1 aliphatic rings. The Morgan fingerprint density at radius 2 is 1.76 bits per heavy atom. The van der Waals surface area contributed by atoms with E-state index in [-0.39, 0.29) is 5.78 Å². The molecule has 1 saturated carbocycles.